The van der Waals surface area contributed by atoms with Gasteiger partial charge >= 0.3 is 0 Å². The van der Waals surface area contributed by atoms with Gasteiger partial charge in [-0.1, -0.05) is 24.3 Å². The highest BCUT2D eigenvalue weighted by Crippen LogP contribution is 2.28. The lowest BCUT2D eigenvalue weighted by Gasteiger charge is -2.03. The molecule has 4 heteroatoms. The number of para-hydroxylation sites is 3. The van der Waals surface area contributed by atoms with Crippen LogP contribution in [0.5, 0.6) is 0 Å². The molecule has 96 valence electrons. The van der Waals surface area contributed by atoms with E-state index in [2.05, 4.69) is 43.0 Å². The van der Waals surface area contributed by atoms with Crippen molar-refractivity contribution in [1.82, 2.24) is 15.0 Å². The zero-order chi connectivity index (χ0) is 13.5. The zero-order valence-corrected chi connectivity index (χ0v) is 12.1. The summed E-state index contributed by atoms with van der Waals surface area (Å²) in [7, 11) is 0. The van der Waals surface area contributed by atoms with Crippen LogP contribution in [-0.4, -0.2) is 15.0 Å². The van der Waals surface area contributed by atoms with E-state index in [0.717, 1.165) is 37.8 Å². The Kier molecular flexibility index (Phi) is 2.57. The van der Waals surface area contributed by atoms with Crippen LogP contribution in [0.3, 0.4) is 0 Å². The topological polar surface area (TPSA) is 41.6 Å². The monoisotopic (exact) mass is 323 g/mol. The van der Waals surface area contributed by atoms with Crippen molar-refractivity contribution in [3.05, 3.63) is 59.2 Å². The lowest BCUT2D eigenvalue weighted by atomic mass is 10.1. The van der Waals surface area contributed by atoms with Gasteiger partial charge in [-0.05, 0) is 40.2 Å². The zero-order valence-electron chi connectivity index (χ0n) is 10.5. The highest BCUT2D eigenvalue weighted by molar-refractivity contribution is 9.10. The van der Waals surface area contributed by atoms with E-state index >= 15 is 0 Å². The average molecular weight is 324 g/mol. The number of nitrogens with one attached hydrogen (secondary N) is 1. The number of H-pyrrole nitrogens is 1. The van der Waals surface area contributed by atoms with Crippen LogP contribution >= 0.6 is 15.9 Å². The Morgan fingerprint density at radius 3 is 2.80 bits per heavy atom. The highest BCUT2D eigenvalue weighted by Gasteiger charge is 2.09. The molecule has 4 rings (SSSR count). The number of aromatic nitrogens is 3. The lowest BCUT2D eigenvalue weighted by molar-refractivity contribution is 1.32. The molecule has 3 nitrogen and oxygen atoms in total. The average Bonchev–Trinajstić information content (AvgIpc) is 2.90. The molecule has 20 heavy (non-hydrogen) atoms. The van der Waals surface area contributed by atoms with Crippen molar-refractivity contribution < 1.29 is 0 Å². The van der Waals surface area contributed by atoms with Crippen LogP contribution in [0.4, 0.5) is 0 Å². The predicted molar refractivity (Wildman–Crippen MR) is 84.5 cm³/mol. The van der Waals surface area contributed by atoms with Crippen molar-refractivity contribution in [3.63, 3.8) is 0 Å². The molecule has 2 aromatic heterocycles. The van der Waals surface area contributed by atoms with E-state index in [0.29, 0.717) is 0 Å². The largest absolute Gasteiger partial charge is 0.338 e. The molecule has 0 aliphatic carbocycles. The van der Waals surface area contributed by atoms with Crippen molar-refractivity contribution in [1.29, 1.82) is 0 Å². The molecule has 1 N–H and O–H groups in total. The summed E-state index contributed by atoms with van der Waals surface area (Å²) in [6.07, 6.45) is 1.81. The van der Waals surface area contributed by atoms with Crippen molar-refractivity contribution in [2.75, 3.05) is 0 Å². The molecule has 0 amide bonds. The Hall–Kier alpha value is -2.20. The minimum absolute atomic E-state index is 0.853. The number of nitrogens with zero attached hydrogens (tertiary/aromatic N) is 2. The Morgan fingerprint density at radius 2 is 1.90 bits per heavy atom. The Balaban J connectivity index is 2.01. The fourth-order valence-electron chi connectivity index (χ4n) is 2.41. The maximum Gasteiger partial charge on any atom is 0.140 e. The molecule has 2 heterocycles. The van der Waals surface area contributed by atoms with Crippen molar-refractivity contribution in [2.24, 2.45) is 0 Å². The summed E-state index contributed by atoms with van der Waals surface area (Å²) >= 11 is 3.46. The van der Waals surface area contributed by atoms with E-state index in [1.165, 1.54) is 0 Å². The summed E-state index contributed by atoms with van der Waals surface area (Å²) in [6.45, 7) is 0. The first-order chi connectivity index (χ1) is 9.81. The van der Waals surface area contributed by atoms with Gasteiger partial charge in [0.05, 0.1) is 16.6 Å². The third kappa shape index (κ3) is 1.80. The number of benzene rings is 2. The second kappa shape index (κ2) is 4.42. The van der Waals surface area contributed by atoms with E-state index in [9.17, 15) is 0 Å². The van der Waals surface area contributed by atoms with Crippen LogP contribution in [-0.2, 0) is 0 Å². The molecule has 0 radical (unpaired) electrons. The number of rotatable bonds is 1. The van der Waals surface area contributed by atoms with Gasteiger partial charge in [0.25, 0.3) is 0 Å². The standard InChI is InChI=1S/C16H10BrN3/c17-11-8-10-4-3-5-12(15(10)18-9-11)16-19-13-6-1-2-7-14(13)20-16/h1-9H,(H,19,20). The van der Waals surface area contributed by atoms with Crippen molar-refractivity contribution in [3.8, 4) is 11.4 Å². The van der Waals surface area contributed by atoms with Crippen LogP contribution in [0, 0.1) is 0 Å². The van der Waals surface area contributed by atoms with Crippen LogP contribution < -0.4 is 0 Å². The molecule has 0 aliphatic heterocycles. The summed E-state index contributed by atoms with van der Waals surface area (Å²) in [5, 5.41) is 1.09. The summed E-state index contributed by atoms with van der Waals surface area (Å²) in [5.41, 5.74) is 3.98. The molecule has 0 atom stereocenters. The normalized spacial score (nSPS) is 11.2. The smallest absolute Gasteiger partial charge is 0.140 e. The quantitative estimate of drug-likeness (QED) is 0.558. The number of halogens is 1. The number of aromatic amines is 1. The van der Waals surface area contributed by atoms with E-state index in [1.54, 1.807) is 0 Å². The molecular weight excluding hydrogens is 314 g/mol. The molecule has 0 saturated carbocycles. The fraction of sp³-hybridized carbons (Fsp3) is 0. The second-order valence-corrected chi connectivity index (χ2v) is 5.55. The molecule has 0 saturated heterocycles. The van der Waals surface area contributed by atoms with E-state index in [1.807, 2.05) is 42.6 Å². The van der Waals surface area contributed by atoms with Crippen LogP contribution in [0.2, 0.25) is 0 Å². The third-order valence-corrected chi connectivity index (χ3v) is 3.76. The van der Waals surface area contributed by atoms with Gasteiger partial charge in [-0.15, -0.1) is 0 Å². The maximum atomic E-state index is 4.65. The van der Waals surface area contributed by atoms with Gasteiger partial charge in [-0.2, -0.15) is 0 Å². The highest BCUT2D eigenvalue weighted by atomic mass is 79.9. The van der Waals surface area contributed by atoms with E-state index < -0.39 is 0 Å². The third-order valence-electron chi connectivity index (χ3n) is 3.32. The number of hydrogen-bond acceptors (Lipinski definition) is 2. The minimum atomic E-state index is 0.853. The molecule has 0 unspecified atom stereocenters. The van der Waals surface area contributed by atoms with E-state index in [4.69, 9.17) is 0 Å². The minimum Gasteiger partial charge on any atom is -0.338 e. The Bertz CT molecular complexity index is 894. The Morgan fingerprint density at radius 1 is 1.00 bits per heavy atom. The van der Waals surface area contributed by atoms with Crippen molar-refractivity contribution >= 4 is 37.9 Å². The summed E-state index contributed by atoms with van der Waals surface area (Å²) in [5.74, 6) is 0.853. The first-order valence-corrected chi connectivity index (χ1v) is 7.10. The number of fused-ring (bicyclic) bond motifs is 2. The summed E-state index contributed by atoms with van der Waals surface area (Å²) < 4.78 is 0.978. The van der Waals surface area contributed by atoms with Gasteiger partial charge in [-0.3, -0.25) is 4.98 Å². The number of imidazole rings is 1. The molecular formula is C16H10BrN3. The summed E-state index contributed by atoms with van der Waals surface area (Å²) in [4.78, 5) is 12.5. The van der Waals surface area contributed by atoms with Crippen LogP contribution in [0.25, 0.3) is 33.3 Å². The molecule has 0 aliphatic rings. The van der Waals surface area contributed by atoms with Gasteiger partial charge in [-0.25, -0.2) is 4.98 Å². The van der Waals surface area contributed by atoms with Gasteiger partial charge in [0, 0.05) is 21.6 Å². The maximum absolute atomic E-state index is 4.65. The first kappa shape index (κ1) is 11.6. The van der Waals surface area contributed by atoms with Gasteiger partial charge in [0.2, 0.25) is 0 Å². The fourth-order valence-corrected chi connectivity index (χ4v) is 2.75. The van der Waals surface area contributed by atoms with Gasteiger partial charge < -0.3 is 4.98 Å². The van der Waals surface area contributed by atoms with Crippen LogP contribution in [0.15, 0.2) is 59.2 Å². The lowest BCUT2D eigenvalue weighted by Crippen LogP contribution is -1.86. The first-order valence-electron chi connectivity index (χ1n) is 6.31. The number of pyridine rings is 1. The molecule has 4 aromatic rings. The van der Waals surface area contributed by atoms with E-state index in [-0.39, 0.29) is 0 Å². The van der Waals surface area contributed by atoms with Gasteiger partial charge in [0.1, 0.15) is 5.82 Å². The van der Waals surface area contributed by atoms with Gasteiger partial charge in [0.15, 0.2) is 0 Å². The van der Waals surface area contributed by atoms with Crippen LogP contribution in [0.1, 0.15) is 0 Å². The molecule has 2 aromatic carbocycles. The molecule has 0 bridgehead atoms. The molecule has 0 fully saturated rings. The SMILES string of the molecule is Brc1cnc2c(-c3nc4ccccc4[nH]3)cccc2c1. The summed E-state index contributed by atoms with van der Waals surface area (Å²) in [6, 6.07) is 16.2. The molecule has 0 spiro atoms. The van der Waals surface area contributed by atoms with Crippen molar-refractivity contribution in [2.45, 2.75) is 0 Å². The number of hydrogen-bond donors (Lipinski definition) is 1. The Labute approximate surface area is 123 Å². The second-order valence-electron chi connectivity index (χ2n) is 4.63. The predicted octanol–water partition coefficient (Wildman–Crippen LogP) is 4.54.